The summed E-state index contributed by atoms with van der Waals surface area (Å²) in [6, 6.07) is 2.85. The Hall–Kier alpha value is -2.02. The number of hydrogen-bond acceptors (Lipinski definition) is 4. The highest BCUT2D eigenvalue weighted by atomic mass is 35.5. The smallest absolute Gasteiger partial charge is 0.417 e. The molecule has 0 spiro atoms. The lowest BCUT2D eigenvalue weighted by Crippen LogP contribution is -2.41. The Morgan fingerprint density at radius 3 is 2.14 bits per heavy atom. The van der Waals surface area contributed by atoms with Crippen molar-refractivity contribution < 1.29 is 32.2 Å². The van der Waals surface area contributed by atoms with Gasteiger partial charge in [-0.1, -0.05) is 17.7 Å². The van der Waals surface area contributed by atoms with Gasteiger partial charge < -0.3 is 9.47 Å². The van der Waals surface area contributed by atoms with E-state index in [-0.39, 0.29) is 5.56 Å². The zero-order valence-electron chi connectivity index (χ0n) is 11.5. The summed E-state index contributed by atoms with van der Waals surface area (Å²) >= 11 is 5.57. The summed E-state index contributed by atoms with van der Waals surface area (Å²) in [6.45, 7) is 2.77. The average molecular weight is 335 g/mol. The van der Waals surface area contributed by atoms with E-state index in [2.05, 4.69) is 0 Å². The molecule has 0 aliphatic carbocycles. The van der Waals surface area contributed by atoms with Gasteiger partial charge in [0.15, 0.2) is 0 Å². The Bertz CT molecular complexity index is 655. The summed E-state index contributed by atoms with van der Waals surface area (Å²) in [5.74, 6) is -3.22. The van der Waals surface area contributed by atoms with Gasteiger partial charge in [-0.2, -0.15) is 13.2 Å². The van der Waals surface area contributed by atoms with E-state index in [1.54, 1.807) is 0 Å². The predicted molar refractivity (Wildman–Crippen MR) is 70.7 cm³/mol. The molecule has 22 heavy (non-hydrogen) atoms. The molecule has 1 aliphatic heterocycles. The second-order valence-electron chi connectivity index (χ2n) is 4.97. The lowest BCUT2D eigenvalue weighted by atomic mass is 10.1. The fourth-order valence-corrected chi connectivity index (χ4v) is 2.09. The van der Waals surface area contributed by atoms with E-state index >= 15 is 0 Å². The third-order valence-electron chi connectivity index (χ3n) is 2.73. The van der Waals surface area contributed by atoms with Crippen LogP contribution in [0.5, 0.6) is 0 Å². The SMILES string of the molecule is CC1(C)OC(=O)C(=Cc2ccc(C(F)(F)F)c(Cl)c2)C(=O)O1. The zero-order chi connectivity index (χ0) is 16.7. The predicted octanol–water partition coefficient (Wildman–Crippen LogP) is 3.58. The molecular weight excluding hydrogens is 325 g/mol. The van der Waals surface area contributed by atoms with Crippen LogP contribution in [-0.2, 0) is 25.2 Å². The lowest BCUT2D eigenvalue weighted by molar-refractivity contribution is -0.222. The molecule has 0 radical (unpaired) electrons. The molecule has 0 unspecified atom stereocenters. The second kappa shape index (κ2) is 5.31. The number of benzene rings is 1. The lowest BCUT2D eigenvalue weighted by Gasteiger charge is -2.29. The molecule has 4 nitrogen and oxygen atoms in total. The Balaban J connectivity index is 2.36. The molecule has 1 aromatic carbocycles. The van der Waals surface area contributed by atoms with Gasteiger partial charge in [-0.25, -0.2) is 9.59 Å². The highest BCUT2D eigenvalue weighted by Crippen LogP contribution is 2.35. The van der Waals surface area contributed by atoms with Crippen molar-refractivity contribution in [2.75, 3.05) is 0 Å². The number of halogens is 4. The number of rotatable bonds is 1. The largest absolute Gasteiger partial charge is 0.419 e. The molecule has 0 bridgehead atoms. The number of esters is 2. The zero-order valence-corrected chi connectivity index (χ0v) is 12.2. The molecule has 1 saturated heterocycles. The van der Waals surface area contributed by atoms with Gasteiger partial charge in [-0.05, 0) is 23.8 Å². The highest BCUT2D eigenvalue weighted by Gasteiger charge is 2.39. The van der Waals surface area contributed by atoms with Crippen LogP contribution in [0.2, 0.25) is 5.02 Å². The third kappa shape index (κ3) is 3.41. The van der Waals surface area contributed by atoms with Crippen molar-refractivity contribution in [1.82, 2.24) is 0 Å². The number of carbonyl (C=O) groups excluding carboxylic acids is 2. The van der Waals surface area contributed by atoms with E-state index in [1.807, 2.05) is 0 Å². The number of carbonyl (C=O) groups is 2. The van der Waals surface area contributed by atoms with Crippen LogP contribution in [0.4, 0.5) is 13.2 Å². The summed E-state index contributed by atoms with van der Waals surface area (Å²) in [4.78, 5) is 23.5. The topological polar surface area (TPSA) is 52.6 Å². The van der Waals surface area contributed by atoms with Crippen molar-refractivity contribution >= 4 is 29.6 Å². The minimum Gasteiger partial charge on any atom is -0.419 e. The van der Waals surface area contributed by atoms with Crippen LogP contribution in [0, 0.1) is 0 Å². The van der Waals surface area contributed by atoms with Crippen molar-refractivity contribution in [3.63, 3.8) is 0 Å². The first kappa shape index (κ1) is 16.4. The maximum atomic E-state index is 12.6. The molecule has 8 heteroatoms. The van der Waals surface area contributed by atoms with E-state index in [9.17, 15) is 22.8 Å². The summed E-state index contributed by atoms with van der Waals surface area (Å²) in [6.07, 6.45) is -3.53. The maximum Gasteiger partial charge on any atom is 0.417 e. The fraction of sp³-hybridized carbons (Fsp3) is 0.286. The van der Waals surface area contributed by atoms with Crippen molar-refractivity contribution in [2.45, 2.75) is 25.8 Å². The molecule has 0 aromatic heterocycles. The van der Waals surface area contributed by atoms with Crippen molar-refractivity contribution in [2.24, 2.45) is 0 Å². The van der Waals surface area contributed by atoms with Crippen molar-refractivity contribution in [3.8, 4) is 0 Å². The molecule has 0 amide bonds. The Kier molecular flexibility index (Phi) is 3.95. The minimum absolute atomic E-state index is 0.140. The van der Waals surface area contributed by atoms with E-state index < -0.39 is 40.1 Å². The van der Waals surface area contributed by atoms with Gasteiger partial charge in [0.25, 0.3) is 5.79 Å². The molecule has 1 fully saturated rings. The molecule has 0 N–H and O–H groups in total. The first-order valence-corrected chi connectivity index (χ1v) is 6.42. The first-order chi connectivity index (χ1) is 9.99. The molecule has 1 aliphatic rings. The number of ether oxygens (including phenoxy) is 2. The summed E-state index contributed by atoms with van der Waals surface area (Å²) in [5.41, 5.74) is -1.29. The fourth-order valence-electron chi connectivity index (χ4n) is 1.80. The van der Waals surface area contributed by atoms with Gasteiger partial charge >= 0.3 is 18.1 Å². The van der Waals surface area contributed by atoms with Gasteiger partial charge in [0, 0.05) is 13.8 Å². The van der Waals surface area contributed by atoms with Crippen molar-refractivity contribution in [3.05, 3.63) is 39.9 Å². The Morgan fingerprint density at radius 2 is 1.68 bits per heavy atom. The van der Waals surface area contributed by atoms with Gasteiger partial charge in [-0.15, -0.1) is 0 Å². The molecule has 2 rings (SSSR count). The van der Waals surface area contributed by atoms with Crippen LogP contribution in [-0.4, -0.2) is 17.7 Å². The third-order valence-corrected chi connectivity index (χ3v) is 3.04. The van der Waals surface area contributed by atoms with E-state index in [0.29, 0.717) is 0 Å². The minimum atomic E-state index is -4.59. The average Bonchev–Trinajstić information content (AvgIpc) is 2.31. The number of hydrogen-bond donors (Lipinski definition) is 0. The standard InChI is InChI=1S/C14H10ClF3O4/c1-13(2)21-11(19)8(12(20)22-13)5-7-3-4-9(10(15)6-7)14(16,17)18/h3-6H,1-2H3. The number of alkyl halides is 3. The highest BCUT2D eigenvalue weighted by molar-refractivity contribution is 6.31. The Morgan fingerprint density at radius 1 is 1.14 bits per heavy atom. The molecule has 118 valence electrons. The Labute approximate surface area is 128 Å². The van der Waals surface area contributed by atoms with Crippen LogP contribution in [0.25, 0.3) is 6.08 Å². The van der Waals surface area contributed by atoms with Gasteiger partial charge in [-0.3, -0.25) is 0 Å². The maximum absolute atomic E-state index is 12.6. The quantitative estimate of drug-likeness (QED) is 0.447. The van der Waals surface area contributed by atoms with Crippen molar-refractivity contribution in [1.29, 1.82) is 0 Å². The van der Waals surface area contributed by atoms with Gasteiger partial charge in [0.2, 0.25) is 0 Å². The van der Waals surface area contributed by atoms with Crippen LogP contribution in [0.15, 0.2) is 23.8 Å². The van der Waals surface area contributed by atoms with Gasteiger partial charge in [0.1, 0.15) is 5.57 Å². The summed E-state index contributed by atoms with van der Waals surface area (Å²) in [5, 5.41) is -0.542. The molecule has 1 heterocycles. The molecule has 0 saturated carbocycles. The summed E-state index contributed by atoms with van der Waals surface area (Å²) < 4.78 is 47.5. The van der Waals surface area contributed by atoms with Gasteiger partial charge in [0.05, 0.1) is 10.6 Å². The summed E-state index contributed by atoms with van der Waals surface area (Å²) in [7, 11) is 0. The van der Waals surface area contributed by atoms with E-state index in [1.165, 1.54) is 13.8 Å². The van der Waals surface area contributed by atoms with Crippen LogP contribution in [0.3, 0.4) is 0 Å². The molecule has 0 atom stereocenters. The van der Waals surface area contributed by atoms with Crippen LogP contribution >= 0.6 is 11.6 Å². The monoisotopic (exact) mass is 334 g/mol. The molecular formula is C14H10ClF3O4. The normalized spacial score (nSPS) is 17.8. The van der Waals surface area contributed by atoms with E-state index in [4.69, 9.17) is 21.1 Å². The number of cyclic esters (lactones) is 2. The van der Waals surface area contributed by atoms with Crippen LogP contribution in [0.1, 0.15) is 25.0 Å². The molecule has 1 aromatic rings. The van der Waals surface area contributed by atoms with E-state index in [0.717, 1.165) is 24.3 Å². The van der Waals surface area contributed by atoms with Crippen LogP contribution < -0.4 is 0 Å². The second-order valence-corrected chi connectivity index (χ2v) is 5.38. The first-order valence-electron chi connectivity index (χ1n) is 6.05.